The predicted molar refractivity (Wildman–Crippen MR) is 183 cm³/mol. The minimum atomic E-state index is -0.507. The topological polar surface area (TPSA) is 32.8 Å². The van der Waals surface area contributed by atoms with Crippen LogP contribution in [0.2, 0.25) is 0 Å². The number of hydrogen-bond acceptors (Lipinski definition) is 3. The lowest BCUT2D eigenvalue weighted by molar-refractivity contribution is 0.0285. The highest BCUT2D eigenvalue weighted by Gasteiger charge is 2.22. The van der Waals surface area contributed by atoms with Gasteiger partial charge in [0.25, 0.3) is 0 Å². The SMILES string of the molecule is CN(CCN(CCP(c1ccccc1)c1ccccc1)CCP(c1ccccc1)c1ccccc1)C(=O)OC(C)(C)C. The van der Waals surface area contributed by atoms with E-state index < -0.39 is 21.4 Å². The number of nitrogens with zero attached hydrogens (tertiary/aromatic N) is 2. The van der Waals surface area contributed by atoms with Crippen LogP contribution in [-0.4, -0.2) is 67.0 Å². The Morgan fingerprint density at radius 1 is 0.571 bits per heavy atom. The number of benzene rings is 4. The molecule has 4 aromatic rings. The number of carbonyl (C=O) groups is 1. The van der Waals surface area contributed by atoms with Crippen molar-refractivity contribution < 1.29 is 9.53 Å². The molecule has 0 aliphatic heterocycles. The minimum absolute atomic E-state index is 0.269. The van der Waals surface area contributed by atoms with E-state index in [9.17, 15) is 4.79 Å². The Morgan fingerprint density at radius 2 is 0.905 bits per heavy atom. The molecule has 4 aromatic carbocycles. The molecule has 0 unspecified atom stereocenters. The lowest BCUT2D eigenvalue weighted by Crippen LogP contribution is -2.41. The standard InChI is InChI=1S/C36H44N2O2P2/c1-36(2,3)40-35(39)37(4)25-26-38(27-29-41(31-17-9-5-10-18-31)32-19-11-6-12-20-32)28-30-42(33-21-13-7-14-22-33)34-23-15-8-16-24-34/h5-24H,25-30H2,1-4H3. The molecule has 0 heterocycles. The first-order chi connectivity index (χ1) is 20.3. The van der Waals surface area contributed by atoms with Gasteiger partial charge < -0.3 is 14.5 Å². The highest BCUT2D eigenvalue weighted by atomic mass is 31.1. The van der Waals surface area contributed by atoms with Gasteiger partial charge in [0.1, 0.15) is 5.60 Å². The van der Waals surface area contributed by atoms with E-state index in [2.05, 4.69) is 126 Å². The van der Waals surface area contributed by atoms with Crippen LogP contribution in [0.1, 0.15) is 20.8 Å². The zero-order chi connectivity index (χ0) is 29.8. The molecule has 4 rings (SSSR count). The van der Waals surface area contributed by atoms with Crippen molar-refractivity contribution in [1.29, 1.82) is 0 Å². The van der Waals surface area contributed by atoms with Crippen LogP contribution < -0.4 is 21.2 Å². The second-order valence-electron chi connectivity index (χ2n) is 11.4. The van der Waals surface area contributed by atoms with Crippen molar-refractivity contribution in [2.75, 3.05) is 45.6 Å². The monoisotopic (exact) mass is 598 g/mol. The van der Waals surface area contributed by atoms with Gasteiger partial charge in [0.05, 0.1) is 0 Å². The van der Waals surface area contributed by atoms with E-state index in [-0.39, 0.29) is 6.09 Å². The lowest BCUT2D eigenvalue weighted by Gasteiger charge is -2.30. The third-order valence-corrected chi connectivity index (χ3v) is 12.0. The molecule has 0 radical (unpaired) electrons. The van der Waals surface area contributed by atoms with Crippen molar-refractivity contribution in [3.05, 3.63) is 121 Å². The molecule has 0 aliphatic rings. The molecule has 0 N–H and O–H groups in total. The van der Waals surface area contributed by atoms with Crippen molar-refractivity contribution in [3.63, 3.8) is 0 Å². The van der Waals surface area contributed by atoms with Gasteiger partial charge in [0.2, 0.25) is 0 Å². The van der Waals surface area contributed by atoms with Crippen molar-refractivity contribution in [2.24, 2.45) is 0 Å². The van der Waals surface area contributed by atoms with Crippen molar-refractivity contribution in [3.8, 4) is 0 Å². The highest BCUT2D eigenvalue weighted by molar-refractivity contribution is 7.73. The number of ether oxygens (including phenoxy) is 1. The summed E-state index contributed by atoms with van der Waals surface area (Å²) in [4.78, 5) is 17.0. The molecule has 0 aromatic heterocycles. The molecule has 1 amide bonds. The summed E-state index contributed by atoms with van der Waals surface area (Å²) in [7, 11) is 0.850. The van der Waals surface area contributed by atoms with Crippen LogP contribution >= 0.6 is 15.8 Å². The summed E-state index contributed by atoms with van der Waals surface area (Å²) in [5.41, 5.74) is -0.507. The summed E-state index contributed by atoms with van der Waals surface area (Å²) in [6.45, 7) is 9.09. The van der Waals surface area contributed by atoms with Crippen LogP contribution in [0.15, 0.2) is 121 Å². The van der Waals surface area contributed by atoms with Crippen LogP contribution in [-0.2, 0) is 4.74 Å². The molecule has 0 bridgehead atoms. The lowest BCUT2D eigenvalue weighted by atomic mass is 10.2. The zero-order valence-electron chi connectivity index (χ0n) is 25.4. The molecule has 0 spiro atoms. The second-order valence-corrected chi connectivity index (χ2v) is 16.1. The van der Waals surface area contributed by atoms with E-state index in [0.29, 0.717) is 6.54 Å². The number of hydrogen-bond donors (Lipinski definition) is 0. The van der Waals surface area contributed by atoms with Crippen LogP contribution in [0.4, 0.5) is 4.79 Å². The van der Waals surface area contributed by atoms with Crippen molar-refractivity contribution in [1.82, 2.24) is 9.80 Å². The number of rotatable bonds is 13. The van der Waals surface area contributed by atoms with Crippen molar-refractivity contribution in [2.45, 2.75) is 26.4 Å². The summed E-state index contributed by atoms with van der Waals surface area (Å²) < 4.78 is 5.63. The number of amides is 1. The zero-order valence-corrected chi connectivity index (χ0v) is 27.2. The Hall–Kier alpha value is -3.03. The number of carbonyl (C=O) groups excluding carboxylic acids is 1. The maximum atomic E-state index is 12.7. The molecule has 0 saturated heterocycles. The first-order valence-electron chi connectivity index (χ1n) is 14.7. The Bertz CT molecular complexity index is 1170. The molecule has 0 saturated carbocycles. The normalized spacial score (nSPS) is 11.7. The van der Waals surface area contributed by atoms with Gasteiger partial charge in [-0.05, 0) is 70.2 Å². The molecular formula is C36H44N2O2P2. The van der Waals surface area contributed by atoms with Gasteiger partial charge in [-0.1, -0.05) is 121 Å². The van der Waals surface area contributed by atoms with Gasteiger partial charge in [-0.25, -0.2) is 4.79 Å². The Balaban J connectivity index is 1.53. The molecule has 0 fully saturated rings. The molecule has 0 aliphatic carbocycles. The Morgan fingerprint density at radius 3 is 1.21 bits per heavy atom. The number of likely N-dealkylation sites (N-methyl/N-ethyl adjacent to an activating group) is 1. The van der Waals surface area contributed by atoms with Crippen LogP contribution in [0.3, 0.4) is 0 Å². The third kappa shape index (κ3) is 10.1. The maximum Gasteiger partial charge on any atom is 0.410 e. The fourth-order valence-corrected chi connectivity index (χ4v) is 9.51. The third-order valence-electron chi connectivity index (χ3n) is 7.01. The second kappa shape index (κ2) is 16.0. The summed E-state index contributed by atoms with van der Waals surface area (Å²) in [5.74, 6) is 0. The van der Waals surface area contributed by atoms with E-state index in [1.54, 1.807) is 4.90 Å². The summed E-state index contributed by atoms with van der Waals surface area (Å²) in [5, 5.41) is 5.61. The average molecular weight is 599 g/mol. The highest BCUT2D eigenvalue weighted by Crippen LogP contribution is 2.35. The maximum absolute atomic E-state index is 12.7. The molecular weight excluding hydrogens is 554 g/mol. The van der Waals surface area contributed by atoms with E-state index in [1.165, 1.54) is 21.2 Å². The molecule has 4 nitrogen and oxygen atoms in total. The summed E-state index contributed by atoms with van der Waals surface area (Å²) >= 11 is 0. The molecule has 42 heavy (non-hydrogen) atoms. The average Bonchev–Trinajstić information content (AvgIpc) is 3.00. The fraction of sp³-hybridized carbons (Fsp3) is 0.306. The van der Waals surface area contributed by atoms with Crippen LogP contribution in [0.25, 0.3) is 0 Å². The quantitative estimate of drug-likeness (QED) is 0.167. The van der Waals surface area contributed by atoms with Crippen LogP contribution in [0, 0.1) is 0 Å². The van der Waals surface area contributed by atoms with E-state index >= 15 is 0 Å². The Labute approximate surface area is 255 Å². The smallest absolute Gasteiger partial charge is 0.410 e. The van der Waals surface area contributed by atoms with Crippen molar-refractivity contribution >= 4 is 43.2 Å². The van der Waals surface area contributed by atoms with E-state index in [4.69, 9.17) is 4.74 Å². The largest absolute Gasteiger partial charge is 0.444 e. The van der Waals surface area contributed by atoms with Gasteiger partial charge in [0.15, 0.2) is 0 Å². The first kappa shape index (κ1) is 31.9. The van der Waals surface area contributed by atoms with Gasteiger partial charge in [-0.2, -0.15) is 0 Å². The minimum Gasteiger partial charge on any atom is -0.444 e. The first-order valence-corrected chi connectivity index (χ1v) is 17.8. The van der Waals surface area contributed by atoms with Gasteiger partial charge in [0, 0.05) is 33.2 Å². The van der Waals surface area contributed by atoms with E-state index in [0.717, 1.165) is 32.0 Å². The summed E-state index contributed by atoms with van der Waals surface area (Å²) in [6.07, 6.45) is 1.86. The van der Waals surface area contributed by atoms with Crippen LogP contribution in [0.5, 0.6) is 0 Å². The fourth-order valence-electron chi connectivity index (χ4n) is 4.79. The van der Waals surface area contributed by atoms with Gasteiger partial charge >= 0.3 is 6.09 Å². The molecule has 220 valence electrons. The van der Waals surface area contributed by atoms with Gasteiger partial charge in [-0.15, -0.1) is 0 Å². The molecule has 6 heteroatoms. The van der Waals surface area contributed by atoms with E-state index in [1.807, 2.05) is 27.8 Å². The summed E-state index contributed by atoms with van der Waals surface area (Å²) in [6, 6.07) is 43.7. The van der Waals surface area contributed by atoms with Gasteiger partial charge in [-0.3, -0.25) is 0 Å². The molecule has 0 atom stereocenters. The Kier molecular flexibility index (Phi) is 12.1. The predicted octanol–water partition coefficient (Wildman–Crippen LogP) is 6.42.